The highest BCUT2D eigenvalue weighted by atomic mass is 19.3. The van der Waals surface area contributed by atoms with Crippen molar-refractivity contribution in [2.75, 3.05) is 5.32 Å². The molecule has 1 saturated carbocycles. The van der Waals surface area contributed by atoms with E-state index in [1.165, 1.54) is 24.8 Å². The highest BCUT2D eigenvalue weighted by Crippen LogP contribution is 2.42. The zero-order chi connectivity index (χ0) is 31.8. The van der Waals surface area contributed by atoms with E-state index in [0.29, 0.717) is 18.3 Å². The highest BCUT2D eigenvalue weighted by Gasteiger charge is 2.33. The van der Waals surface area contributed by atoms with Gasteiger partial charge in [0.1, 0.15) is 5.75 Å². The number of hydrogen-bond donors (Lipinski definition) is 1. The first kappa shape index (κ1) is 32.3. The normalized spacial score (nSPS) is 20.1. The van der Waals surface area contributed by atoms with E-state index in [0.717, 1.165) is 77.0 Å². The number of halogens is 2. The number of fused-ring (bicyclic) bond motifs is 1. The van der Waals surface area contributed by atoms with Gasteiger partial charge in [0.2, 0.25) is 0 Å². The topological polar surface area (TPSA) is 50.7 Å². The fourth-order valence-corrected chi connectivity index (χ4v) is 6.23. The van der Waals surface area contributed by atoms with Crippen LogP contribution < -0.4 is 10.1 Å². The van der Waals surface area contributed by atoms with Crippen LogP contribution in [0, 0.1) is 18.8 Å². The molecule has 4 nitrogen and oxygen atoms in total. The molecule has 3 aliphatic rings. The molecule has 2 aromatic rings. The third-order valence-electron chi connectivity index (χ3n) is 8.92. The predicted octanol–water partition coefficient (Wildman–Crippen LogP) is 10.8. The summed E-state index contributed by atoms with van der Waals surface area (Å²) in [5.41, 5.74) is 8.61. The number of carbonyl (C=O) groups is 1. The van der Waals surface area contributed by atoms with Crippen LogP contribution >= 0.6 is 0 Å². The van der Waals surface area contributed by atoms with Crippen molar-refractivity contribution in [1.82, 2.24) is 0 Å². The number of unbranched alkanes of at least 4 members (excludes halogenated alkanes) is 1. The fraction of sp³-hybridized carbons (Fsp3) is 0.385. The number of ether oxygens (including phenoxy) is 1. The second-order valence-corrected chi connectivity index (χ2v) is 12.2. The number of anilines is 1. The number of nitrogens with zero attached hydrogens (tertiary/aromatic N) is 1. The van der Waals surface area contributed by atoms with Gasteiger partial charge in [-0.25, -0.2) is 0 Å². The number of rotatable bonds is 15. The van der Waals surface area contributed by atoms with Crippen LogP contribution in [0.25, 0.3) is 5.57 Å². The molecule has 1 fully saturated rings. The number of Topliss-reactive ketones (excluding diaryl/α,β-unsaturated/α-hetero) is 1. The zero-order valence-corrected chi connectivity index (χ0v) is 26.6. The summed E-state index contributed by atoms with van der Waals surface area (Å²) in [4.78, 5) is 18.3. The Bertz CT molecular complexity index is 1560. The second-order valence-electron chi connectivity index (χ2n) is 12.2. The van der Waals surface area contributed by atoms with Crippen LogP contribution in [-0.2, 0) is 0 Å². The summed E-state index contributed by atoms with van der Waals surface area (Å²) in [5.74, 6) is 1.51. The van der Waals surface area contributed by atoms with Crippen molar-refractivity contribution in [3.05, 3.63) is 113 Å². The third-order valence-corrected chi connectivity index (χ3v) is 8.92. The monoisotopic (exact) mass is 610 g/mol. The van der Waals surface area contributed by atoms with E-state index in [1.54, 1.807) is 24.3 Å². The molecule has 6 heteroatoms. The van der Waals surface area contributed by atoms with Crippen molar-refractivity contribution in [2.45, 2.75) is 85.2 Å². The lowest BCUT2D eigenvalue weighted by atomic mass is 9.87. The summed E-state index contributed by atoms with van der Waals surface area (Å²) in [6.45, 7) is 3.61. The molecule has 45 heavy (non-hydrogen) atoms. The van der Waals surface area contributed by atoms with Gasteiger partial charge in [0.25, 0.3) is 0 Å². The molecular weight excluding hydrogens is 566 g/mol. The van der Waals surface area contributed by atoms with Crippen LogP contribution in [0.3, 0.4) is 0 Å². The van der Waals surface area contributed by atoms with E-state index in [4.69, 9.17) is 4.99 Å². The summed E-state index contributed by atoms with van der Waals surface area (Å²) in [7, 11) is 0. The number of aryl methyl sites for hydroxylation is 1. The molecule has 2 aliphatic carbocycles. The Morgan fingerprint density at radius 3 is 2.60 bits per heavy atom. The Morgan fingerprint density at radius 2 is 1.91 bits per heavy atom. The largest absolute Gasteiger partial charge is 0.435 e. The Morgan fingerprint density at radius 1 is 1.11 bits per heavy atom. The molecule has 0 bridgehead atoms. The number of aliphatic imine (C=N–C) groups is 1. The molecule has 0 spiro atoms. The minimum absolute atomic E-state index is 0.118. The average molecular weight is 611 g/mol. The molecule has 0 saturated heterocycles. The average Bonchev–Trinajstić information content (AvgIpc) is 3.78. The maximum Gasteiger partial charge on any atom is 0.387 e. The third kappa shape index (κ3) is 8.56. The van der Waals surface area contributed by atoms with E-state index in [-0.39, 0.29) is 11.5 Å². The van der Waals surface area contributed by atoms with Gasteiger partial charge in [-0.05, 0) is 105 Å². The minimum atomic E-state index is -2.86. The van der Waals surface area contributed by atoms with Crippen molar-refractivity contribution in [1.29, 1.82) is 0 Å². The molecule has 1 unspecified atom stereocenters. The molecule has 0 radical (unpaired) electrons. The maximum atomic E-state index is 13.5. The van der Waals surface area contributed by atoms with Gasteiger partial charge in [0.15, 0.2) is 5.78 Å². The van der Waals surface area contributed by atoms with Gasteiger partial charge < -0.3 is 10.1 Å². The summed E-state index contributed by atoms with van der Waals surface area (Å²) in [6, 6.07) is 12.6. The van der Waals surface area contributed by atoms with Crippen molar-refractivity contribution in [3.8, 4) is 5.75 Å². The van der Waals surface area contributed by atoms with Crippen LogP contribution in [-0.4, -0.2) is 18.1 Å². The molecule has 0 aromatic heterocycles. The molecule has 1 aliphatic heterocycles. The van der Waals surface area contributed by atoms with Gasteiger partial charge in [0.05, 0.1) is 11.4 Å². The molecule has 5 rings (SSSR count). The Labute approximate surface area is 266 Å². The molecule has 1 atom stereocenters. The highest BCUT2D eigenvalue weighted by molar-refractivity contribution is 6.25. The van der Waals surface area contributed by atoms with E-state index in [2.05, 4.69) is 42.1 Å². The Balaban J connectivity index is 1.25. The smallest absolute Gasteiger partial charge is 0.387 e. The first-order chi connectivity index (χ1) is 21.9. The molecule has 2 aromatic carbocycles. The quantitative estimate of drug-likeness (QED) is 0.161. The molecule has 1 N–H and O–H groups in total. The predicted molar refractivity (Wildman–Crippen MR) is 181 cm³/mol. The van der Waals surface area contributed by atoms with E-state index in [9.17, 15) is 13.6 Å². The van der Waals surface area contributed by atoms with Gasteiger partial charge in [-0.3, -0.25) is 9.79 Å². The van der Waals surface area contributed by atoms with Crippen LogP contribution in [0.5, 0.6) is 5.75 Å². The molecular formula is C39H44F2N2O2. The molecule has 1 heterocycles. The van der Waals surface area contributed by atoms with E-state index in [1.807, 2.05) is 43.5 Å². The number of hydrogen-bond acceptors (Lipinski definition) is 4. The lowest BCUT2D eigenvalue weighted by Gasteiger charge is -2.18. The first-order valence-corrected chi connectivity index (χ1v) is 16.4. The second kappa shape index (κ2) is 15.3. The lowest BCUT2D eigenvalue weighted by Crippen LogP contribution is -2.15. The van der Waals surface area contributed by atoms with Gasteiger partial charge >= 0.3 is 6.61 Å². The fourth-order valence-electron chi connectivity index (χ4n) is 6.23. The number of alkyl halides is 2. The summed E-state index contributed by atoms with van der Waals surface area (Å²) in [6.07, 6.45) is 21.9. The van der Waals surface area contributed by atoms with Crippen LogP contribution in [0.2, 0.25) is 0 Å². The van der Waals surface area contributed by atoms with Crippen molar-refractivity contribution in [3.63, 3.8) is 0 Å². The van der Waals surface area contributed by atoms with Gasteiger partial charge in [-0.1, -0.05) is 68.4 Å². The maximum absolute atomic E-state index is 13.5. The standard InChI is InChI=1S/C39H44F2N2O2/c1-4-6-10-27(5-2)13-14-30(28-15-16-28)24-37(44)33-22-19-31(23-26(33)3)43-36-12-9-7-8-11-34-35(25-42-38(34)36)29-17-20-32(21-18-29)45-39(40)41/h7-8,10-12,17-23,25,28,30,39,43H,4-6,9,13-16,24H2,1-3H3/b8-7-,27-10+,34-11-,36-12-. The van der Waals surface area contributed by atoms with Crippen molar-refractivity contribution >= 4 is 22.8 Å². The van der Waals surface area contributed by atoms with Gasteiger partial charge in [-0.2, -0.15) is 8.78 Å². The van der Waals surface area contributed by atoms with Crippen LogP contribution in [0.4, 0.5) is 14.5 Å². The minimum Gasteiger partial charge on any atom is -0.435 e. The Kier molecular flexibility index (Phi) is 11.0. The summed E-state index contributed by atoms with van der Waals surface area (Å²) < 4.78 is 29.7. The van der Waals surface area contributed by atoms with Gasteiger partial charge in [0, 0.05) is 35.0 Å². The lowest BCUT2D eigenvalue weighted by molar-refractivity contribution is -0.0498. The summed E-state index contributed by atoms with van der Waals surface area (Å²) >= 11 is 0. The van der Waals surface area contributed by atoms with E-state index < -0.39 is 6.61 Å². The number of allylic oxidation sites excluding steroid dienone is 8. The van der Waals surface area contributed by atoms with E-state index >= 15 is 0 Å². The van der Waals surface area contributed by atoms with Gasteiger partial charge in [-0.15, -0.1) is 0 Å². The number of benzene rings is 2. The number of ketones is 1. The van der Waals surface area contributed by atoms with Crippen molar-refractivity contribution in [2.24, 2.45) is 16.8 Å². The summed E-state index contributed by atoms with van der Waals surface area (Å²) in [5, 5.41) is 3.56. The van der Waals surface area contributed by atoms with Crippen LogP contribution in [0.1, 0.15) is 93.1 Å². The first-order valence-electron chi connectivity index (χ1n) is 16.4. The Hall–Kier alpha value is -4.06. The SMILES string of the molecule is CCC/C=C(\CC)CCC(CC(=O)c1ccc(N/C2=C\C/C=C\C=C3\C(c4ccc(OC(F)F)cc4)=CN=C23)cc1C)C1CC1. The molecule has 0 amide bonds. The zero-order valence-electron chi connectivity index (χ0n) is 26.6. The number of carbonyl (C=O) groups excluding carboxylic acids is 1. The number of nitrogens with one attached hydrogen (secondary N) is 1. The molecule has 236 valence electrons. The van der Waals surface area contributed by atoms with Crippen molar-refractivity contribution < 1.29 is 18.3 Å². The van der Waals surface area contributed by atoms with Crippen LogP contribution in [0.15, 0.2) is 101 Å².